The van der Waals surface area contributed by atoms with Gasteiger partial charge in [-0.2, -0.15) is 0 Å². The van der Waals surface area contributed by atoms with Crippen LogP contribution in [-0.4, -0.2) is 58.1 Å². The van der Waals surface area contributed by atoms with Crippen molar-refractivity contribution in [3.8, 4) is 0 Å². The van der Waals surface area contributed by atoms with E-state index in [0.29, 0.717) is 12.6 Å². The van der Waals surface area contributed by atoms with Crippen LogP contribution in [-0.2, 0) is 25.8 Å². The summed E-state index contributed by atoms with van der Waals surface area (Å²) in [6.45, 7) is 8.77. The zero-order chi connectivity index (χ0) is 22.1. The van der Waals surface area contributed by atoms with Crippen molar-refractivity contribution in [1.29, 1.82) is 0 Å². The second-order valence-corrected chi connectivity index (χ2v) is 10.5. The zero-order valence-corrected chi connectivity index (χ0v) is 20.3. The SMILES string of the molecule is CCCN1CCN([C@H]2CCc3c(sc4ncn(CCc5ccccc5Cl)c(=O)c34)C2)CC1. The number of aryl methyl sites for hydroxylation is 3. The van der Waals surface area contributed by atoms with Gasteiger partial charge in [0.2, 0.25) is 0 Å². The summed E-state index contributed by atoms with van der Waals surface area (Å²) < 4.78 is 1.76. The van der Waals surface area contributed by atoms with Gasteiger partial charge in [0, 0.05) is 48.7 Å². The zero-order valence-electron chi connectivity index (χ0n) is 18.7. The van der Waals surface area contributed by atoms with Gasteiger partial charge in [0.25, 0.3) is 5.56 Å². The van der Waals surface area contributed by atoms with E-state index in [-0.39, 0.29) is 5.56 Å². The Kier molecular flexibility index (Phi) is 6.65. The summed E-state index contributed by atoms with van der Waals surface area (Å²) in [6, 6.07) is 8.44. The smallest absolute Gasteiger partial charge is 0.262 e. The normalized spacial score (nSPS) is 20.0. The highest BCUT2D eigenvalue weighted by Gasteiger charge is 2.30. The molecule has 32 heavy (non-hydrogen) atoms. The van der Waals surface area contributed by atoms with E-state index >= 15 is 0 Å². The number of nitrogens with zero attached hydrogens (tertiary/aromatic N) is 4. The minimum atomic E-state index is 0.103. The van der Waals surface area contributed by atoms with Crippen molar-refractivity contribution in [3.63, 3.8) is 0 Å². The highest BCUT2D eigenvalue weighted by molar-refractivity contribution is 7.18. The van der Waals surface area contributed by atoms with E-state index < -0.39 is 0 Å². The Hall–Kier alpha value is -1.73. The van der Waals surface area contributed by atoms with Gasteiger partial charge in [-0.3, -0.25) is 14.3 Å². The molecule has 3 heterocycles. The lowest BCUT2D eigenvalue weighted by molar-refractivity contribution is 0.0902. The molecular weight excluding hydrogens is 440 g/mol. The summed E-state index contributed by atoms with van der Waals surface area (Å²) in [6.07, 6.45) is 6.86. The summed E-state index contributed by atoms with van der Waals surface area (Å²) in [7, 11) is 0. The van der Waals surface area contributed by atoms with E-state index in [9.17, 15) is 4.79 Å². The molecule has 1 fully saturated rings. The van der Waals surface area contributed by atoms with Crippen LogP contribution in [0.1, 0.15) is 35.8 Å². The van der Waals surface area contributed by atoms with Crippen LogP contribution < -0.4 is 5.56 Å². The molecule has 0 radical (unpaired) electrons. The molecule has 1 atom stereocenters. The average Bonchev–Trinajstić information content (AvgIpc) is 3.19. The van der Waals surface area contributed by atoms with Gasteiger partial charge in [-0.05, 0) is 55.8 Å². The van der Waals surface area contributed by atoms with Crippen molar-refractivity contribution in [2.24, 2.45) is 0 Å². The van der Waals surface area contributed by atoms with Gasteiger partial charge in [0.1, 0.15) is 4.83 Å². The first kappa shape index (κ1) is 22.1. The minimum Gasteiger partial charge on any atom is -0.301 e. The van der Waals surface area contributed by atoms with Gasteiger partial charge in [-0.15, -0.1) is 11.3 Å². The predicted molar refractivity (Wildman–Crippen MR) is 133 cm³/mol. The maximum atomic E-state index is 13.3. The lowest BCUT2D eigenvalue weighted by Crippen LogP contribution is -2.51. The third kappa shape index (κ3) is 4.38. The fourth-order valence-corrected chi connectivity index (χ4v) is 6.74. The number of aromatic nitrogens is 2. The molecule has 0 saturated carbocycles. The van der Waals surface area contributed by atoms with E-state index in [4.69, 9.17) is 11.6 Å². The van der Waals surface area contributed by atoms with Gasteiger partial charge < -0.3 is 4.90 Å². The van der Waals surface area contributed by atoms with Gasteiger partial charge in [-0.1, -0.05) is 36.7 Å². The molecule has 0 spiro atoms. The Morgan fingerprint density at radius 2 is 1.97 bits per heavy atom. The topological polar surface area (TPSA) is 41.4 Å². The highest BCUT2D eigenvalue weighted by Crippen LogP contribution is 2.35. The van der Waals surface area contributed by atoms with Crippen molar-refractivity contribution in [3.05, 3.63) is 62.0 Å². The monoisotopic (exact) mass is 470 g/mol. The molecule has 3 aromatic rings. The van der Waals surface area contributed by atoms with Crippen LogP contribution in [0.4, 0.5) is 0 Å². The molecule has 2 aliphatic rings. The molecular formula is C25H31ClN4OS. The van der Waals surface area contributed by atoms with Crippen LogP contribution in [0.15, 0.2) is 35.4 Å². The number of thiophene rings is 1. The Bertz CT molecular complexity index is 1150. The predicted octanol–water partition coefficient (Wildman–Crippen LogP) is 4.24. The molecule has 2 aromatic heterocycles. The summed E-state index contributed by atoms with van der Waals surface area (Å²) in [5, 5.41) is 1.61. The quantitative estimate of drug-likeness (QED) is 0.540. The fourth-order valence-electron chi connectivity index (χ4n) is 5.27. The summed E-state index contributed by atoms with van der Waals surface area (Å²) in [5.41, 5.74) is 2.43. The number of fused-ring (bicyclic) bond motifs is 3. The molecule has 0 bridgehead atoms. The standard InChI is InChI=1S/C25H31ClN4OS/c1-2-10-28-12-14-29(15-13-28)19-7-8-20-22(16-19)32-24-23(20)25(31)30(17-27-24)11-9-18-5-3-4-6-21(18)26/h3-6,17,19H,2,7-16H2,1H3/t19-/m0/s1. The molecule has 1 aromatic carbocycles. The Balaban J connectivity index is 1.32. The molecule has 5 nitrogen and oxygen atoms in total. The van der Waals surface area contributed by atoms with Crippen molar-refractivity contribution < 1.29 is 0 Å². The second-order valence-electron chi connectivity index (χ2n) is 9.04. The number of hydrogen-bond donors (Lipinski definition) is 0. The first-order chi connectivity index (χ1) is 15.6. The molecule has 7 heteroatoms. The number of hydrogen-bond acceptors (Lipinski definition) is 5. The molecule has 1 saturated heterocycles. The third-order valence-electron chi connectivity index (χ3n) is 7.05. The van der Waals surface area contributed by atoms with E-state index in [2.05, 4.69) is 21.7 Å². The van der Waals surface area contributed by atoms with E-state index in [0.717, 1.165) is 59.6 Å². The Morgan fingerprint density at radius 1 is 1.16 bits per heavy atom. The molecule has 1 aliphatic heterocycles. The molecule has 0 unspecified atom stereocenters. The maximum Gasteiger partial charge on any atom is 0.262 e. The van der Waals surface area contributed by atoms with Crippen molar-refractivity contribution in [2.75, 3.05) is 32.7 Å². The summed E-state index contributed by atoms with van der Waals surface area (Å²) in [5.74, 6) is 0. The Labute approximate surface area is 198 Å². The first-order valence-electron chi connectivity index (χ1n) is 11.8. The van der Waals surface area contributed by atoms with Crippen molar-refractivity contribution in [2.45, 2.75) is 51.6 Å². The minimum absolute atomic E-state index is 0.103. The third-order valence-corrected chi connectivity index (χ3v) is 8.58. The second kappa shape index (κ2) is 9.64. The lowest BCUT2D eigenvalue weighted by atomic mass is 9.91. The van der Waals surface area contributed by atoms with Crippen LogP contribution in [0.3, 0.4) is 0 Å². The molecule has 1 aliphatic carbocycles. The first-order valence-corrected chi connectivity index (χ1v) is 13.0. The number of piperazine rings is 1. The number of rotatable bonds is 6. The van der Waals surface area contributed by atoms with E-state index in [1.54, 1.807) is 22.2 Å². The number of halogens is 1. The molecule has 0 N–H and O–H groups in total. The average molecular weight is 471 g/mol. The van der Waals surface area contributed by atoms with Crippen LogP contribution in [0.25, 0.3) is 10.2 Å². The van der Waals surface area contributed by atoms with Gasteiger partial charge >= 0.3 is 0 Å². The van der Waals surface area contributed by atoms with Crippen molar-refractivity contribution >= 4 is 33.2 Å². The lowest BCUT2D eigenvalue weighted by Gasteiger charge is -2.40. The van der Waals surface area contributed by atoms with Gasteiger partial charge in [0.05, 0.1) is 11.7 Å². The summed E-state index contributed by atoms with van der Waals surface area (Å²) >= 11 is 8.03. The van der Waals surface area contributed by atoms with Gasteiger partial charge in [-0.25, -0.2) is 4.98 Å². The molecule has 170 valence electrons. The summed E-state index contributed by atoms with van der Waals surface area (Å²) in [4.78, 5) is 25.5. The Morgan fingerprint density at radius 3 is 2.75 bits per heavy atom. The number of benzene rings is 1. The van der Waals surface area contributed by atoms with Crippen molar-refractivity contribution in [1.82, 2.24) is 19.4 Å². The largest absolute Gasteiger partial charge is 0.301 e. The fraction of sp³-hybridized carbons (Fsp3) is 0.520. The van der Waals surface area contributed by atoms with E-state index in [1.165, 1.54) is 36.5 Å². The van der Waals surface area contributed by atoms with E-state index in [1.807, 2.05) is 24.3 Å². The van der Waals surface area contributed by atoms with Crippen LogP contribution in [0, 0.1) is 0 Å². The highest BCUT2D eigenvalue weighted by atomic mass is 35.5. The molecule has 5 rings (SSSR count). The van der Waals surface area contributed by atoms with Crippen LogP contribution in [0.5, 0.6) is 0 Å². The maximum absolute atomic E-state index is 13.3. The van der Waals surface area contributed by atoms with Crippen LogP contribution >= 0.6 is 22.9 Å². The molecule has 0 amide bonds. The van der Waals surface area contributed by atoms with Gasteiger partial charge in [0.15, 0.2) is 0 Å². The van der Waals surface area contributed by atoms with Crippen LogP contribution in [0.2, 0.25) is 5.02 Å².